The number of pyridine rings is 1. The van der Waals surface area contributed by atoms with Crippen LogP contribution in [0, 0.1) is 6.92 Å². The highest BCUT2D eigenvalue weighted by Crippen LogP contribution is 2.33. The minimum absolute atomic E-state index is 0.281. The van der Waals surface area contributed by atoms with Gasteiger partial charge in [-0.1, -0.05) is 23.2 Å². The number of benzene rings is 1. The Morgan fingerprint density at radius 1 is 1.29 bits per heavy atom. The Kier molecular flexibility index (Phi) is 4.78. The highest BCUT2D eigenvalue weighted by atomic mass is 35.5. The van der Waals surface area contributed by atoms with E-state index in [4.69, 9.17) is 16.3 Å². The van der Waals surface area contributed by atoms with E-state index in [1.165, 1.54) is 17.5 Å². The van der Waals surface area contributed by atoms with Crippen LogP contribution in [-0.2, 0) is 0 Å². The fourth-order valence-electron chi connectivity index (χ4n) is 2.16. The van der Waals surface area contributed by atoms with Gasteiger partial charge in [0.1, 0.15) is 10.9 Å². The predicted molar refractivity (Wildman–Crippen MR) is 96.0 cm³/mol. The summed E-state index contributed by atoms with van der Waals surface area (Å²) in [5.74, 6) is 0.460. The number of amides is 1. The summed E-state index contributed by atoms with van der Waals surface area (Å²) in [6.45, 7) is 2.01. The van der Waals surface area contributed by atoms with Gasteiger partial charge in [0.05, 0.1) is 18.4 Å². The van der Waals surface area contributed by atoms with Crippen molar-refractivity contribution in [2.24, 2.45) is 0 Å². The first kappa shape index (κ1) is 16.4. The summed E-state index contributed by atoms with van der Waals surface area (Å²) >= 11 is 7.07. The number of thiazole rings is 1. The Morgan fingerprint density at radius 3 is 2.83 bits per heavy atom. The van der Waals surface area contributed by atoms with Gasteiger partial charge in [-0.2, -0.15) is 0 Å². The molecule has 5 nitrogen and oxygen atoms in total. The number of methoxy groups -OCH3 is 1. The molecule has 0 unspecified atom stereocenters. The van der Waals surface area contributed by atoms with Crippen LogP contribution in [0.1, 0.15) is 15.9 Å². The van der Waals surface area contributed by atoms with Crippen molar-refractivity contribution in [1.29, 1.82) is 0 Å². The zero-order chi connectivity index (χ0) is 17.1. The van der Waals surface area contributed by atoms with Gasteiger partial charge in [-0.05, 0) is 31.2 Å². The van der Waals surface area contributed by atoms with E-state index >= 15 is 0 Å². The molecule has 7 heteroatoms. The average Bonchev–Trinajstić information content (AvgIpc) is 3.03. The largest absolute Gasteiger partial charge is 0.496 e. The van der Waals surface area contributed by atoms with Crippen LogP contribution < -0.4 is 10.1 Å². The van der Waals surface area contributed by atoms with Gasteiger partial charge in [-0.25, -0.2) is 9.97 Å². The van der Waals surface area contributed by atoms with Gasteiger partial charge in [0, 0.05) is 17.1 Å². The van der Waals surface area contributed by atoms with E-state index in [0.29, 0.717) is 15.8 Å². The molecule has 2 heterocycles. The number of ether oxygens (including phenoxy) is 1. The molecule has 0 aliphatic carbocycles. The maximum absolute atomic E-state index is 12.2. The molecule has 0 atom stereocenters. The van der Waals surface area contributed by atoms with Gasteiger partial charge < -0.3 is 4.74 Å². The Bertz CT molecular complexity index is 878. The number of carbonyl (C=O) groups excluding carboxylic acids is 1. The first-order chi connectivity index (χ1) is 11.6. The molecule has 0 bridgehead atoms. The van der Waals surface area contributed by atoms with E-state index in [9.17, 15) is 4.79 Å². The van der Waals surface area contributed by atoms with Crippen LogP contribution in [0.25, 0.3) is 11.3 Å². The summed E-state index contributed by atoms with van der Waals surface area (Å²) in [5, 5.41) is 5.50. The molecule has 0 fully saturated rings. The zero-order valence-electron chi connectivity index (χ0n) is 13.0. The number of hydrogen-bond donors (Lipinski definition) is 1. The summed E-state index contributed by atoms with van der Waals surface area (Å²) in [6.07, 6.45) is 1.43. The molecule has 1 amide bonds. The minimum Gasteiger partial charge on any atom is -0.496 e. The molecule has 1 N–H and O–H groups in total. The molecule has 24 heavy (non-hydrogen) atoms. The molecule has 0 aliphatic heterocycles. The second-order valence-electron chi connectivity index (χ2n) is 5.07. The zero-order valence-corrected chi connectivity index (χ0v) is 14.6. The summed E-state index contributed by atoms with van der Waals surface area (Å²) in [5.41, 5.74) is 3.17. The number of nitrogens with one attached hydrogen (secondary N) is 1. The Hall–Kier alpha value is -2.44. The lowest BCUT2D eigenvalue weighted by Crippen LogP contribution is -2.11. The van der Waals surface area contributed by atoms with Crippen LogP contribution in [0.2, 0.25) is 5.15 Å². The van der Waals surface area contributed by atoms with E-state index in [1.54, 1.807) is 19.2 Å². The molecule has 3 aromatic rings. The number of anilines is 1. The van der Waals surface area contributed by atoms with E-state index in [-0.39, 0.29) is 5.91 Å². The molecule has 1 aromatic carbocycles. The number of aromatic nitrogens is 2. The average molecular weight is 360 g/mol. The number of aryl methyl sites for hydroxylation is 1. The van der Waals surface area contributed by atoms with Gasteiger partial charge >= 0.3 is 0 Å². The maximum Gasteiger partial charge on any atom is 0.259 e. The summed E-state index contributed by atoms with van der Waals surface area (Å²) in [7, 11) is 1.62. The Morgan fingerprint density at radius 2 is 2.12 bits per heavy atom. The molecule has 2 aromatic heterocycles. The smallest absolute Gasteiger partial charge is 0.259 e. The second-order valence-corrected chi connectivity index (χ2v) is 6.31. The molecule has 0 radical (unpaired) electrons. The summed E-state index contributed by atoms with van der Waals surface area (Å²) in [4.78, 5) is 20.6. The highest BCUT2D eigenvalue weighted by molar-refractivity contribution is 7.14. The predicted octanol–water partition coefficient (Wildman–Crippen LogP) is 4.43. The molecule has 122 valence electrons. The van der Waals surface area contributed by atoms with Crippen molar-refractivity contribution in [3.05, 3.63) is 58.2 Å². The fraction of sp³-hybridized carbons (Fsp3) is 0.118. The van der Waals surface area contributed by atoms with E-state index in [2.05, 4.69) is 15.3 Å². The van der Waals surface area contributed by atoms with Crippen LogP contribution in [0.4, 0.5) is 5.13 Å². The van der Waals surface area contributed by atoms with Crippen molar-refractivity contribution in [2.75, 3.05) is 12.4 Å². The van der Waals surface area contributed by atoms with Crippen molar-refractivity contribution in [3.8, 4) is 17.0 Å². The first-order valence-corrected chi connectivity index (χ1v) is 8.36. The molecule has 0 saturated heterocycles. The third-order valence-electron chi connectivity index (χ3n) is 3.35. The third-order valence-corrected chi connectivity index (χ3v) is 4.33. The lowest BCUT2D eigenvalue weighted by atomic mass is 10.1. The van der Waals surface area contributed by atoms with Gasteiger partial charge in [-0.3, -0.25) is 10.1 Å². The first-order valence-electron chi connectivity index (χ1n) is 7.10. The van der Waals surface area contributed by atoms with Crippen LogP contribution in [0.15, 0.2) is 41.9 Å². The van der Waals surface area contributed by atoms with Crippen molar-refractivity contribution in [1.82, 2.24) is 9.97 Å². The van der Waals surface area contributed by atoms with Crippen LogP contribution in [0.5, 0.6) is 5.75 Å². The van der Waals surface area contributed by atoms with Crippen molar-refractivity contribution in [3.63, 3.8) is 0 Å². The Balaban J connectivity index is 1.82. The lowest BCUT2D eigenvalue weighted by Gasteiger charge is -2.07. The van der Waals surface area contributed by atoms with Crippen molar-refractivity contribution < 1.29 is 9.53 Å². The standard InChI is InChI=1S/C17H14ClN3O2S/c1-10-3-5-14(23-2)12(7-10)13-9-24-17(20-13)21-16(22)11-4-6-15(18)19-8-11/h3-9H,1-2H3,(H,20,21,22). The number of rotatable bonds is 4. The summed E-state index contributed by atoms with van der Waals surface area (Å²) < 4.78 is 5.38. The molecule has 3 rings (SSSR count). The van der Waals surface area contributed by atoms with Crippen LogP contribution >= 0.6 is 22.9 Å². The second kappa shape index (κ2) is 6.98. The van der Waals surface area contributed by atoms with Crippen molar-refractivity contribution >= 4 is 34.0 Å². The van der Waals surface area contributed by atoms with Crippen LogP contribution in [0.3, 0.4) is 0 Å². The molecular formula is C17H14ClN3O2S. The lowest BCUT2D eigenvalue weighted by molar-refractivity contribution is 0.102. The normalized spacial score (nSPS) is 10.5. The number of nitrogens with zero attached hydrogens (tertiary/aromatic N) is 2. The van der Waals surface area contributed by atoms with Crippen LogP contribution in [-0.4, -0.2) is 23.0 Å². The SMILES string of the molecule is COc1ccc(C)cc1-c1csc(NC(=O)c2ccc(Cl)nc2)n1. The minimum atomic E-state index is -0.281. The van der Waals surface area contributed by atoms with E-state index in [0.717, 1.165) is 22.6 Å². The molecular weight excluding hydrogens is 346 g/mol. The van der Waals surface area contributed by atoms with Gasteiger partial charge in [-0.15, -0.1) is 11.3 Å². The summed E-state index contributed by atoms with van der Waals surface area (Å²) in [6, 6.07) is 9.07. The maximum atomic E-state index is 12.2. The molecule has 0 saturated carbocycles. The van der Waals surface area contributed by atoms with E-state index in [1.807, 2.05) is 30.5 Å². The third kappa shape index (κ3) is 3.55. The number of hydrogen-bond acceptors (Lipinski definition) is 5. The number of carbonyl (C=O) groups is 1. The van der Waals surface area contributed by atoms with E-state index < -0.39 is 0 Å². The monoisotopic (exact) mass is 359 g/mol. The fourth-order valence-corrected chi connectivity index (χ4v) is 2.97. The highest BCUT2D eigenvalue weighted by Gasteiger charge is 2.13. The molecule has 0 aliphatic rings. The Labute approximate surface area is 148 Å². The van der Waals surface area contributed by atoms with Gasteiger partial charge in [0.15, 0.2) is 5.13 Å². The topological polar surface area (TPSA) is 64.1 Å². The van der Waals surface area contributed by atoms with Gasteiger partial charge in [0.2, 0.25) is 0 Å². The quantitative estimate of drug-likeness (QED) is 0.700. The number of halogens is 1. The molecule has 0 spiro atoms. The van der Waals surface area contributed by atoms with Crippen molar-refractivity contribution in [2.45, 2.75) is 6.92 Å². The van der Waals surface area contributed by atoms with Gasteiger partial charge in [0.25, 0.3) is 5.91 Å².